The van der Waals surface area contributed by atoms with Crippen molar-refractivity contribution in [3.05, 3.63) is 63.1 Å². The first-order valence-electron chi connectivity index (χ1n) is 11.0. The lowest BCUT2D eigenvalue weighted by molar-refractivity contribution is -0.126. The molecule has 1 N–H and O–H groups in total. The second-order valence-electron chi connectivity index (χ2n) is 8.39. The third-order valence-corrected chi connectivity index (χ3v) is 8.43. The number of hydrogen-bond acceptors (Lipinski definition) is 4. The lowest BCUT2D eigenvalue weighted by atomic mass is 9.96. The molecule has 0 spiro atoms. The Labute approximate surface area is 206 Å². The largest absolute Gasteiger partial charge is 0.496 e. The number of piperidine rings is 1. The van der Waals surface area contributed by atoms with Crippen molar-refractivity contribution in [2.45, 2.75) is 44.9 Å². The number of hydrogen-bond donors (Lipinski definition) is 1. The van der Waals surface area contributed by atoms with Crippen molar-refractivity contribution in [3.8, 4) is 5.75 Å². The van der Waals surface area contributed by atoms with Gasteiger partial charge in [0.15, 0.2) is 0 Å². The first kappa shape index (κ1) is 25.8. The normalized spacial score (nSPS) is 18.0. The van der Waals surface area contributed by atoms with Gasteiger partial charge in [0.2, 0.25) is 15.9 Å². The van der Waals surface area contributed by atoms with Crippen LogP contribution in [0.1, 0.15) is 48.9 Å². The Hall–Kier alpha value is -1.80. The molecule has 1 saturated heterocycles. The van der Waals surface area contributed by atoms with Crippen LogP contribution in [-0.4, -0.2) is 38.8 Å². The minimum absolute atomic E-state index is 0.125. The van der Waals surface area contributed by atoms with Gasteiger partial charge in [-0.1, -0.05) is 48.3 Å². The van der Waals surface area contributed by atoms with Crippen molar-refractivity contribution in [1.29, 1.82) is 0 Å². The topological polar surface area (TPSA) is 75.7 Å². The zero-order valence-electron chi connectivity index (χ0n) is 19.1. The van der Waals surface area contributed by atoms with Gasteiger partial charge in [-0.2, -0.15) is 0 Å². The fourth-order valence-corrected chi connectivity index (χ4v) is 6.36. The molecule has 1 fully saturated rings. The van der Waals surface area contributed by atoms with E-state index in [0.717, 1.165) is 23.3 Å². The van der Waals surface area contributed by atoms with E-state index in [0.29, 0.717) is 35.0 Å². The second-order valence-corrected chi connectivity index (χ2v) is 11.2. The average molecular weight is 513 g/mol. The molecule has 2 aromatic carbocycles. The summed E-state index contributed by atoms with van der Waals surface area (Å²) >= 11 is 12.1. The van der Waals surface area contributed by atoms with Crippen LogP contribution in [0.3, 0.4) is 0 Å². The Kier molecular flexibility index (Phi) is 8.67. The third kappa shape index (κ3) is 6.41. The van der Waals surface area contributed by atoms with E-state index in [1.807, 2.05) is 32.0 Å². The molecule has 0 aromatic heterocycles. The predicted molar refractivity (Wildman–Crippen MR) is 132 cm³/mol. The van der Waals surface area contributed by atoms with Gasteiger partial charge in [0.1, 0.15) is 5.75 Å². The van der Waals surface area contributed by atoms with Crippen molar-refractivity contribution in [1.82, 2.24) is 9.62 Å². The smallest absolute Gasteiger partial charge is 0.224 e. The molecule has 6 nitrogen and oxygen atoms in total. The number of methoxy groups -OCH3 is 1. The molecule has 0 unspecified atom stereocenters. The molecule has 9 heteroatoms. The standard InChI is InChI=1S/C24H30Cl2N2O4S/c1-4-22(17-8-10-23(32-3)16(2)12-17)27-24(29)18-6-5-11-28(14-18)33(30,31)15-19-7-9-20(25)13-21(19)26/h7-10,12-13,18,22H,4-6,11,14-15H2,1-3H3,(H,27,29)/t18-,22+/m1/s1. The minimum Gasteiger partial charge on any atom is -0.496 e. The zero-order chi connectivity index (χ0) is 24.2. The molecule has 2 atom stereocenters. The summed E-state index contributed by atoms with van der Waals surface area (Å²) < 4.78 is 32.8. The number of nitrogens with zero attached hydrogens (tertiary/aromatic N) is 1. The number of amides is 1. The number of halogens is 2. The first-order chi connectivity index (χ1) is 15.6. The van der Waals surface area contributed by atoms with Crippen molar-refractivity contribution in [2.75, 3.05) is 20.2 Å². The number of carbonyl (C=O) groups is 1. The van der Waals surface area contributed by atoms with Crippen LogP contribution in [0.25, 0.3) is 0 Å². The van der Waals surface area contributed by atoms with Crippen molar-refractivity contribution < 1.29 is 17.9 Å². The van der Waals surface area contributed by atoms with Crippen LogP contribution >= 0.6 is 23.2 Å². The Bertz CT molecular complexity index is 1110. The summed E-state index contributed by atoms with van der Waals surface area (Å²) in [6.45, 7) is 4.54. The summed E-state index contributed by atoms with van der Waals surface area (Å²) in [5.74, 6) is 0.0521. The van der Waals surface area contributed by atoms with Crippen molar-refractivity contribution in [3.63, 3.8) is 0 Å². The van der Waals surface area contributed by atoms with Crippen LogP contribution < -0.4 is 10.1 Å². The van der Waals surface area contributed by atoms with Gasteiger partial charge in [-0.05, 0) is 61.1 Å². The summed E-state index contributed by atoms with van der Waals surface area (Å²) in [5, 5.41) is 3.89. The maximum atomic E-state index is 13.1. The summed E-state index contributed by atoms with van der Waals surface area (Å²) in [6, 6.07) is 10.5. The summed E-state index contributed by atoms with van der Waals surface area (Å²) in [7, 11) is -2.00. The zero-order valence-corrected chi connectivity index (χ0v) is 21.4. The highest BCUT2D eigenvalue weighted by Crippen LogP contribution is 2.28. The molecule has 0 radical (unpaired) electrons. The number of sulfonamides is 1. The van der Waals surface area contributed by atoms with E-state index in [9.17, 15) is 13.2 Å². The summed E-state index contributed by atoms with van der Waals surface area (Å²) in [6.07, 6.45) is 2.00. The van der Waals surface area contributed by atoms with E-state index < -0.39 is 15.9 Å². The minimum atomic E-state index is -3.63. The van der Waals surface area contributed by atoms with Gasteiger partial charge in [0.05, 0.1) is 24.8 Å². The molecule has 0 bridgehead atoms. The monoisotopic (exact) mass is 512 g/mol. The molecule has 0 aliphatic carbocycles. The second kappa shape index (κ2) is 11.1. The highest BCUT2D eigenvalue weighted by molar-refractivity contribution is 7.88. The quantitative estimate of drug-likeness (QED) is 0.532. The molecular formula is C24H30Cl2N2O4S. The molecule has 2 aromatic rings. The molecule has 1 amide bonds. The number of ether oxygens (including phenoxy) is 1. The molecule has 33 heavy (non-hydrogen) atoms. The van der Waals surface area contributed by atoms with Crippen LogP contribution in [-0.2, 0) is 20.6 Å². The van der Waals surface area contributed by atoms with E-state index in [-0.39, 0.29) is 24.2 Å². The van der Waals surface area contributed by atoms with Gasteiger partial charge >= 0.3 is 0 Å². The Morgan fingerprint density at radius 1 is 1.24 bits per heavy atom. The number of carbonyl (C=O) groups excluding carboxylic acids is 1. The number of nitrogens with one attached hydrogen (secondary N) is 1. The van der Waals surface area contributed by atoms with Crippen LogP contribution in [0.2, 0.25) is 10.0 Å². The molecule has 0 saturated carbocycles. The van der Waals surface area contributed by atoms with Crippen molar-refractivity contribution in [2.24, 2.45) is 5.92 Å². The number of aryl methyl sites for hydroxylation is 1. The highest BCUT2D eigenvalue weighted by atomic mass is 35.5. The Morgan fingerprint density at radius 3 is 2.64 bits per heavy atom. The van der Waals surface area contributed by atoms with Crippen LogP contribution in [0.5, 0.6) is 5.75 Å². The van der Waals surface area contributed by atoms with E-state index >= 15 is 0 Å². The van der Waals surface area contributed by atoms with Crippen LogP contribution in [0.4, 0.5) is 0 Å². The molecule has 3 rings (SSSR count). The maximum Gasteiger partial charge on any atom is 0.224 e. The van der Waals surface area contributed by atoms with Gasteiger partial charge in [0, 0.05) is 23.1 Å². The predicted octanol–water partition coefficient (Wildman–Crippen LogP) is 5.12. The summed E-state index contributed by atoms with van der Waals surface area (Å²) in [5.41, 5.74) is 2.49. The number of rotatable bonds is 8. The van der Waals surface area contributed by atoms with Gasteiger partial charge in [-0.3, -0.25) is 4.79 Å². The van der Waals surface area contributed by atoms with E-state index in [1.165, 1.54) is 10.4 Å². The molecule has 180 valence electrons. The molecule has 1 aliphatic rings. The van der Waals surface area contributed by atoms with E-state index in [2.05, 4.69) is 5.32 Å². The average Bonchev–Trinajstić information content (AvgIpc) is 2.79. The highest BCUT2D eigenvalue weighted by Gasteiger charge is 2.33. The first-order valence-corrected chi connectivity index (χ1v) is 13.4. The van der Waals surface area contributed by atoms with Gasteiger partial charge in [-0.25, -0.2) is 12.7 Å². The summed E-state index contributed by atoms with van der Waals surface area (Å²) in [4.78, 5) is 13.1. The van der Waals surface area contributed by atoms with Crippen LogP contribution in [0, 0.1) is 12.8 Å². The Balaban J connectivity index is 1.68. The third-order valence-electron chi connectivity index (χ3n) is 6.05. The van der Waals surface area contributed by atoms with Gasteiger partial charge < -0.3 is 10.1 Å². The van der Waals surface area contributed by atoms with E-state index in [4.69, 9.17) is 27.9 Å². The maximum absolute atomic E-state index is 13.1. The van der Waals surface area contributed by atoms with E-state index in [1.54, 1.807) is 19.2 Å². The van der Waals surface area contributed by atoms with Gasteiger partial charge in [-0.15, -0.1) is 0 Å². The molecular weight excluding hydrogens is 483 g/mol. The van der Waals surface area contributed by atoms with Crippen molar-refractivity contribution >= 4 is 39.1 Å². The lowest BCUT2D eigenvalue weighted by Gasteiger charge is -2.32. The SMILES string of the molecule is CC[C@H](NC(=O)[C@@H]1CCCN(S(=O)(=O)Cc2ccc(Cl)cc2Cl)C1)c1ccc(OC)c(C)c1. The van der Waals surface area contributed by atoms with Gasteiger partial charge in [0.25, 0.3) is 0 Å². The Morgan fingerprint density at radius 2 is 2.00 bits per heavy atom. The van der Waals surface area contributed by atoms with Crippen LogP contribution in [0.15, 0.2) is 36.4 Å². The molecule has 1 aliphatic heterocycles. The fraction of sp³-hybridized carbons (Fsp3) is 0.458. The molecule has 1 heterocycles. The lowest BCUT2D eigenvalue weighted by Crippen LogP contribution is -2.46. The number of benzene rings is 2. The fourth-order valence-electron chi connectivity index (χ4n) is 4.16.